The van der Waals surface area contributed by atoms with E-state index in [0.29, 0.717) is 19.8 Å². The minimum atomic E-state index is -1.12. The fourth-order valence-electron chi connectivity index (χ4n) is 1.99. The Morgan fingerprint density at radius 1 is 1.28 bits per heavy atom. The normalized spacial score (nSPS) is 11.0. The van der Waals surface area contributed by atoms with Crippen LogP contribution in [0.1, 0.15) is 32.0 Å². The zero-order chi connectivity index (χ0) is 18.1. The number of nitrogens with one attached hydrogen (secondary N) is 1. The summed E-state index contributed by atoms with van der Waals surface area (Å²) in [6.07, 6.45) is 1.84. The second kappa shape index (κ2) is 10.2. The third kappa shape index (κ3) is 6.51. The largest absolute Gasteiger partial charge is 0.461 e. The molecule has 0 saturated carbocycles. The number of carbonyl (C=O) groups excluding carboxylic acids is 1. The summed E-state index contributed by atoms with van der Waals surface area (Å²) in [6.45, 7) is 7.14. The van der Waals surface area contributed by atoms with Gasteiger partial charge in [-0.25, -0.2) is 9.77 Å². The zero-order valence-corrected chi connectivity index (χ0v) is 15.5. The third-order valence-corrected chi connectivity index (χ3v) is 4.44. The summed E-state index contributed by atoms with van der Waals surface area (Å²) >= 11 is 0. The van der Waals surface area contributed by atoms with Gasteiger partial charge in [0.25, 0.3) is 8.53 Å². The lowest BCUT2D eigenvalue weighted by Gasteiger charge is -2.15. The van der Waals surface area contributed by atoms with Crippen molar-refractivity contribution in [3.05, 3.63) is 41.7 Å². The number of benzene rings is 1. The highest BCUT2D eigenvalue weighted by molar-refractivity contribution is 7.44. The van der Waals surface area contributed by atoms with Crippen molar-refractivity contribution in [2.75, 3.05) is 13.2 Å². The molecule has 0 bridgehead atoms. The van der Waals surface area contributed by atoms with Gasteiger partial charge < -0.3 is 13.8 Å². The van der Waals surface area contributed by atoms with Crippen molar-refractivity contribution < 1.29 is 18.6 Å². The molecule has 0 unspecified atom stereocenters. The Morgan fingerprint density at radius 3 is 2.72 bits per heavy atom. The Balaban J connectivity index is 1.98. The predicted octanol–water partition coefficient (Wildman–Crippen LogP) is 2.72. The van der Waals surface area contributed by atoms with E-state index in [4.69, 9.17) is 13.8 Å². The lowest BCUT2D eigenvalue weighted by atomic mass is 10.2. The van der Waals surface area contributed by atoms with E-state index in [1.54, 1.807) is 4.68 Å². The lowest BCUT2D eigenvalue weighted by molar-refractivity contribution is -0.142. The number of aromatic nitrogens is 3. The predicted molar refractivity (Wildman–Crippen MR) is 93.8 cm³/mol. The van der Waals surface area contributed by atoms with Crippen LogP contribution >= 0.6 is 8.53 Å². The standard InChI is InChI=1S/C16H23N4O4P/c1-4-23-25(24-5-2)17-10-15-11-20(19-18-15)16-8-6-7-14(9-16)12-22-13(3)21/h6-9,11,17H,4-5,10,12H2,1-3H3. The molecule has 25 heavy (non-hydrogen) atoms. The average molecular weight is 366 g/mol. The van der Waals surface area contributed by atoms with Gasteiger partial charge in [-0.2, -0.15) is 0 Å². The Morgan fingerprint density at radius 2 is 2.04 bits per heavy atom. The average Bonchev–Trinajstić information content (AvgIpc) is 3.08. The molecule has 2 rings (SSSR count). The molecule has 1 aromatic heterocycles. The molecule has 0 atom stereocenters. The summed E-state index contributed by atoms with van der Waals surface area (Å²) < 4.78 is 17.7. The Bertz CT molecular complexity index is 674. The van der Waals surface area contributed by atoms with Crippen molar-refractivity contribution in [3.8, 4) is 5.69 Å². The molecule has 8 nitrogen and oxygen atoms in total. The minimum absolute atomic E-state index is 0.235. The minimum Gasteiger partial charge on any atom is -0.461 e. The molecule has 0 amide bonds. The maximum atomic E-state index is 10.9. The van der Waals surface area contributed by atoms with E-state index in [2.05, 4.69) is 15.4 Å². The van der Waals surface area contributed by atoms with Crippen LogP contribution < -0.4 is 5.09 Å². The van der Waals surface area contributed by atoms with E-state index in [1.807, 2.05) is 44.3 Å². The molecule has 136 valence electrons. The molecule has 0 aliphatic heterocycles. The highest BCUT2D eigenvalue weighted by atomic mass is 31.2. The first-order valence-electron chi connectivity index (χ1n) is 8.05. The molecule has 0 radical (unpaired) electrons. The van der Waals surface area contributed by atoms with Crippen molar-refractivity contribution in [3.63, 3.8) is 0 Å². The van der Waals surface area contributed by atoms with Crippen LogP contribution in [0.2, 0.25) is 0 Å². The Labute approximate surface area is 148 Å². The van der Waals surface area contributed by atoms with Crippen LogP contribution in [-0.2, 0) is 31.7 Å². The van der Waals surface area contributed by atoms with E-state index in [0.717, 1.165) is 16.9 Å². The summed E-state index contributed by atoms with van der Waals surface area (Å²) in [4.78, 5) is 10.9. The number of hydrogen-bond donors (Lipinski definition) is 1. The third-order valence-electron chi connectivity index (χ3n) is 3.04. The van der Waals surface area contributed by atoms with E-state index in [-0.39, 0.29) is 12.6 Å². The summed E-state index contributed by atoms with van der Waals surface area (Å²) in [7, 11) is -1.12. The molecule has 1 aromatic carbocycles. The number of esters is 1. The quantitative estimate of drug-likeness (QED) is 0.511. The molecule has 0 fully saturated rings. The fraction of sp³-hybridized carbons (Fsp3) is 0.438. The van der Waals surface area contributed by atoms with Crippen molar-refractivity contribution in [2.24, 2.45) is 0 Å². The van der Waals surface area contributed by atoms with Gasteiger partial charge >= 0.3 is 5.97 Å². The lowest BCUT2D eigenvalue weighted by Crippen LogP contribution is -2.11. The molecule has 0 saturated heterocycles. The molecule has 0 aliphatic rings. The monoisotopic (exact) mass is 366 g/mol. The summed E-state index contributed by atoms with van der Waals surface area (Å²) in [5, 5.41) is 11.5. The van der Waals surface area contributed by atoms with Gasteiger partial charge in [-0.05, 0) is 31.5 Å². The smallest absolute Gasteiger partial charge is 0.302 e. The van der Waals surface area contributed by atoms with Crippen molar-refractivity contribution in [2.45, 2.75) is 33.9 Å². The van der Waals surface area contributed by atoms with Crippen LogP contribution in [0.3, 0.4) is 0 Å². The van der Waals surface area contributed by atoms with Crippen LogP contribution in [0.5, 0.6) is 0 Å². The summed E-state index contributed by atoms with van der Waals surface area (Å²) in [6, 6.07) is 7.60. The molecule has 9 heteroatoms. The van der Waals surface area contributed by atoms with Crippen molar-refractivity contribution >= 4 is 14.5 Å². The maximum absolute atomic E-state index is 10.9. The molecule has 1 heterocycles. The number of rotatable bonds is 10. The first-order chi connectivity index (χ1) is 12.1. The van der Waals surface area contributed by atoms with Crippen LogP contribution in [-0.4, -0.2) is 34.2 Å². The molecular formula is C16H23N4O4P. The van der Waals surface area contributed by atoms with Gasteiger partial charge in [-0.3, -0.25) is 4.79 Å². The highest BCUT2D eigenvalue weighted by Gasteiger charge is 2.11. The summed E-state index contributed by atoms with van der Waals surface area (Å²) in [5.41, 5.74) is 2.51. The molecular weight excluding hydrogens is 343 g/mol. The van der Waals surface area contributed by atoms with Crippen LogP contribution in [0.4, 0.5) is 0 Å². The van der Waals surface area contributed by atoms with E-state index in [9.17, 15) is 4.79 Å². The van der Waals surface area contributed by atoms with Gasteiger partial charge in [0.15, 0.2) is 0 Å². The first-order valence-corrected chi connectivity index (χ1v) is 9.23. The van der Waals surface area contributed by atoms with Gasteiger partial charge in [0.1, 0.15) is 6.61 Å². The highest BCUT2D eigenvalue weighted by Crippen LogP contribution is 2.33. The topological polar surface area (TPSA) is 87.5 Å². The Kier molecular flexibility index (Phi) is 7.94. The van der Waals surface area contributed by atoms with Gasteiger partial charge in [0.2, 0.25) is 0 Å². The number of ether oxygens (including phenoxy) is 1. The second-order valence-corrected chi connectivity index (χ2v) is 6.38. The van der Waals surface area contributed by atoms with Crippen LogP contribution in [0.25, 0.3) is 5.69 Å². The van der Waals surface area contributed by atoms with Crippen molar-refractivity contribution in [1.29, 1.82) is 0 Å². The number of carbonyl (C=O) groups is 1. The Hall–Kier alpha value is -1.86. The molecule has 0 aliphatic carbocycles. The zero-order valence-electron chi connectivity index (χ0n) is 14.6. The van der Waals surface area contributed by atoms with Crippen LogP contribution in [0, 0.1) is 0 Å². The van der Waals surface area contributed by atoms with Gasteiger partial charge in [-0.1, -0.05) is 17.3 Å². The van der Waals surface area contributed by atoms with E-state index >= 15 is 0 Å². The maximum Gasteiger partial charge on any atom is 0.302 e. The molecule has 1 N–H and O–H groups in total. The van der Waals surface area contributed by atoms with Gasteiger partial charge in [0.05, 0.1) is 30.8 Å². The SMILES string of the molecule is CCOP(NCc1cn(-c2cccc(COC(C)=O)c2)nn1)OCC. The van der Waals surface area contributed by atoms with E-state index < -0.39 is 8.53 Å². The second-order valence-electron chi connectivity index (χ2n) is 5.03. The fourth-order valence-corrected chi connectivity index (χ4v) is 3.01. The summed E-state index contributed by atoms with van der Waals surface area (Å²) in [5.74, 6) is -0.306. The number of nitrogens with zero attached hydrogens (tertiary/aromatic N) is 3. The first kappa shape index (κ1) is 19.5. The van der Waals surface area contributed by atoms with Crippen molar-refractivity contribution in [1.82, 2.24) is 20.1 Å². The van der Waals surface area contributed by atoms with E-state index in [1.165, 1.54) is 6.92 Å². The van der Waals surface area contributed by atoms with Gasteiger partial charge in [-0.15, -0.1) is 5.10 Å². The number of hydrogen-bond acceptors (Lipinski definition) is 7. The van der Waals surface area contributed by atoms with Crippen LogP contribution in [0.15, 0.2) is 30.5 Å². The molecule has 2 aromatic rings. The van der Waals surface area contributed by atoms with Gasteiger partial charge in [0, 0.05) is 13.5 Å². The molecule has 0 spiro atoms.